The monoisotopic (exact) mass is 300 g/mol. The maximum Gasteiger partial charge on any atom is 0.221 e. The first kappa shape index (κ1) is 14.6. The first-order valence-corrected chi connectivity index (χ1v) is 7.42. The van der Waals surface area contributed by atoms with Crippen LogP contribution in [0.15, 0.2) is 18.2 Å². The summed E-state index contributed by atoms with van der Waals surface area (Å²) in [6.45, 7) is 6.23. The van der Waals surface area contributed by atoms with Crippen LogP contribution in [0, 0.1) is 19.8 Å². The third kappa shape index (κ3) is 2.71. The molecule has 2 N–H and O–H groups in total. The molecule has 0 aliphatic carbocycles. The van der Waals surface area contributed by atoms with Crippen molar-refractivity contribution in [2.75, 3.05) is 13.1 Å². The van der Waals surface area contributed by atoms with Gasteiger partial charge in [-0.1, -0.05) is 18.2 Å². The molecule has 0 bridgehead atoms. The van der Waals surface area contributed by atoms with E-state index in [2.05, 4.69) is 20.4 Å². The standard InChI is InChI=1S/C15H20N6O/c1-10-4-3-5-11(2)14(10)21-13(17-18-19-21)9-20-7-6-12(8-20)15(16)22/h3-5,12H,6-9H2,1-2H3,(H2,16,22)/t12-/m0/s1. The topological polar surface area (TPSA) is 89.9 Å². The summed E-state index contributed by atoms with van der Waals surface area (Å²) in [5, 5.41) is 12.1. The van der Waals surface area contributed by atoms with E-state index >= 15 is 0 Å². The molecule has 1 atom stereocenters. The molecule has 0 radical (unpaired) electrons. The molecule has 1 fully saturated rings. The van der Waals surface area contributed by atoms with E-state index in [9.17, 15) is 4.79 Å². The average molecular weight is 300 g/mol. The van der Waals surface area contributed by atoms with E-state index in [-0.39, 0.29) is 11.8 Å². The summed E-state index contributed by atoms with van der Waals surface area (Å²) < 4.78 is 1.79. The Morgan fingerprint density at radius 3 is 2.73 bits per heavy atom. The summed E-state index contributed by atoms with van der Waals surface area (Å²) in [5.74, 6) is 0.490. The number of amides is 1. The van der Waals surface area contributed by atoms with Crippen LogP contribution >= 0.6 is 0 Å². The van der Waals surface area contributed by atoms with Crippen LogP contribution in [0.3, 0.4) is 0 Å². The fourth-order valence-electron chi connectivity index (χ4n) is 3.03. The summed E-state index contributed by atoms with van der Waals surface area (Å²) in [6.07, 6.45) is 0.806. The highest BCUT2D eigenvalue weighted by molar-refractivity contribution is 5.77. The van der Waals surface area contributed by atoms with Crippen molar-refractivity contribution in [3.8, 4) is 5.69 Å². The molecular weight excluding hydrogens is 280 g/mol. The number of likely N-dealkylation sites (tertiary alicyclic amines) is 1. The van der Waals surface area contributed by atoms with E-state index in [1.165, 1.54) is 0 Å². The van der Waals surface area contributed by atoms with E-state index < -0.39 is 0 Å². The molecule has 7 heteroatoms. The average Bonchev–Trinajstić information content (AvgIpc) is 3.09. The predicted octanol–water partition coefficient (Wildman–Crippen LogP) is 0.586. The number of nitrogens with two attached hydrogens (primary N) is 1. The first-order valence-electron chi connectivity index (χ1n) is 7.42. The second-order valence-corrected chi connectivity index (χ2v) is 5.87. The maximum atomic E-state index is 11.3. The van der Waals surface area contributed by atoms with Crippen LogP contribution in [-0.4, -0.2) is 44.1 Å². The van der Waals surface area contributed by atoms with Gasteiger partial charge in [-0.05, 0) is 48.4 Å². The van der Waals surface area contributed by atoms with Gasteiger partial charge in [-0.2, -0.15) is 4.68 Å². The number of tetrazole rings is 1. The summed E-state index contributed by atoms with van der Waals surface area (Å²) in [6, 6.07) is 6.12. The van der Waals surface area contributed by atoms with E-state index in [4.69, 9.17) is 5.73 Å². The van der Waals surface area contributed by atoms with Crippen molar-refractivity contribution in [3.05, 3.63) is 35.2 Å². The number of aromatic nitrogens is 4. The number of hydrogen-bond acceptors (Lipinski definition) is 5. The molecule has 1 aliphatic rings. The van der Waals surface area contributed by atoms with Crippen molar-refractivity contribution < 1.29 is 4.79 Å². The zero-order chi connectivity index (χ0) is 15.7. The lowest BCUT2D eigenvalue weighted by Gasteiger charge is -2.16. The number of benzene rings is 1. The molecule has 2 aromatic rings. The fraction of sp³-hybridized carbons (Fsp3) is 0.467. The molecule has 1 saturated heterocycles. The molecule has 1 aromatic carbocycles. The minimum atomic E-state index is -0.225. The largest absolute Gasteiger partial charge is 0.369 e. The van der Waals surface area contributed by atoms with Gasteiger partial charge in [-0.15, -0.1) is 5.10 Å². The second kappa shape index (κ2) is 5.84. The quantitative estimate of drug-likeness (QED) is 0.892. The van der Waals surface area contributed by atoms with Crippen molar-refractivity contribution in [1.29, 1.82) is 0 Å². The number of hydrogen-bond donors (Lipinski definition) is 1. The normalized spacial score (nSPS) is 18.7. The Hall–Kier alpha value is -2.28. The highest BCUT2D eigenvalue weighted by Crippen LogP contribution is 2.21. The Labute approximate surface area is 129 Å². The van der Waals surface area contributed by atoms with Gasteiger partial charge >= 0.3 is 0 Å². The summed E-state index contributed by atoms with van der Waals surface area (Å²) >= 11 is 0. The fourth-order valence-corrected chi connectivity index (χ4v) is 3.03. The number of nitrogens with zero attached hydrogens (tertiary/aromatic N) is 5. The molecule has 22 heavy (non-hydrogen) atoms. The molecule has 116 valence electrons. The third-order valence-corrected chi connectivity index (χ3v) is 4.23. The van der Waals surface area contributed by atoms with Gasteiger partial charge in [-0.3, -0.25) is 9.69 Å². The van der Waals surface area contributed by atoms with Crippen LogP contribution in [0.5, 0.6) is 0 Å². The van der Waals surface area contributed by atoms with Gasteiger partial charge in [-0.25, -0.2) is 0 Å². The molecule has 1 aliphatic heterocycles. The minimum absolute atomic E-state index is 0.0653. The van der Waals surface area contributed by atoms with Gasteiger partial charge in [0.25, 0.3) is 0 Å². The van der Waals surface area contributed by atoms with Crippen molar-refractivity contribution in [2.24, 2.45) is 11.7 Å². The second-order valence-electron chi connectivity index (χ2n) is 5.87. The van der Waals surface area contributed by atoms with Gasteiger partial charge in [0.05, 0.1) is 18.2 Å². The molecule has 1 amide bonds. The van der Waals surface area contributed by atoms with Gasteiger partial charge in [0.1, 0.15) is 0 Å². The van der Waals surface area contributed by atoms with Crippen LogP contribution in [0.4, 0.5) is 0 Å². The SMILES string of the molecule is Cc1cccc(C)c1-n1nnnc1CN1CC[C@H](C(N)=O)C1. The van der Waals surface area contributed by atoms with Gasteiger partial charge < -0.3 is 5.73 Å². The van der Waals surface area contributed by atoms with Crippen LogP contribution in [0.1, 0.15) is 23.4 Å². The van der Waals surface area contributed by atoms with E-state index in [0.717, 1.165) is 35.6 Å². The molecular formula is C15H20N6O. The summed E-state index contributed by atoms with van der Waals surface area (Å²) in [7, 11) is 0. The number of aryl methyl sites for hydroxylation is 2. The number of rotatable bonds is 4. The Morgan fingerprint density at radius 2 is 2.09 bits per heavy atom. The predicted molar refractivity (Wildman–Crippen MR) is 81.2 cm³/mol. The molecule has 0 unspecified atom stereocenters. The molecule has 7 nitrogen and oxygen atoms in total. The van der Waals surface area contributed by atoms with Crippen molar-refractivity contribution >= 4 is 5.91 Å². The zero-order valence-electron chi connectivity index (χ0n) is 12.9. The smallest absolute Gasteiger partial charge is 0.221 e. The van der Waals surface area contributed by atoms with Gasteiger partial charge in [0.15, 0.2) is 5.82 Å². The third-order valence-electron chi connectivity index (χ3n) is 4.23. The van der Waals surface area contributed by atoms with Gasteiger partial charge in [0.2, 0.25) is 5.91 Å². The van der Waals surface area contributed by atoms with E-state index in [1.54, 1.807) is 4.68 Å². The lowest BCUT2D eigenvalue weighted by molar-refractivity contribution is -0.121. The van der Waals surface area contributed by atoms with E-state index in [0.29, 0.717) is 13.1 Å². The lowest BCUT2D eigenvalue weighted by Crippen LogP contribution is -2.28. The molecule has 1 aromatic heterocycles. The summed E-state index contributed by atoms with van der Waals surface area (Å²) in [4.78, 5) is 13.4. The van der Waals surface area contributed by atoms with E-state index in [1.807, 2.05) is 32.0 Å². The van der Waals surface area contributed by atoms with Crippen LogP contribution < -0.4 is 5.73 Å². The molecule has 3 rings (SSSR count). The number of para-hydroxylation sites is 1. The van der Waals surface area contributed by atoms with Crippen molar-refractivity contribution in [1.82, 2.24) is 25.1 Å². The molecule has 0 saturated carbocycles. The Kier molecular flexibility index (Phi) is 3.89. The molecule has 0 spiro atoms. The highest BCUT2D eigenvalue weighted by atomic mass is 16.1. The van der Waals surface area contributed by atoms with Crippen LogP contribution in [0.2, 0.25) is 0 Å². The highest BCUT2D eigenvalue weighted by Gasteiger charge is 2.28. The van der Waals surface area contributed by atoms with Crippen molar-refractivity contribution in [2.45, 2.75) is 26.8 Å². The van der Waals surface area contributed by atoms with Gasteiger partial charge in [0, 0.05) is 6.54 Å². The number of primary amides is 1. The first-order chi connectivity index (χ1) is 10.6. The van der Waals surface area contributed by atoms with Crippen molar-refractivity contribution in [3.63, 3.8) is 0 Å². The lowest BCUT2D eigenvalue weighted by atomic mass is 10.1. The Bertz CT molecular complexity index is 675. The zero-order valence-corrected chi connectivity index (χ0v) is 12.9. The molecule has 2 heterocycles. The maximum absolute atomic E-state index is 11.3. The van der Waals surface area contributed by atoms with Crippen LogP contribution in [0.25, 0.3) is 5.69 Å². The Morgan fingerprint density at radius 1 is 1.36 bits per heavy atom. The summed E-state index contributed by atoms with van der Waals surface area (Å²) in [5.41, 5.74) is 8.66. The number of carbonyl (C=O) groups excluding carboxylic acids is 1. The number of carbonyl (C=O) groups is 1. The van der Waals surface area contributed by atoms with Crippen LogP contribution in [-0.2, 0) is 11.3 Å². The minimum Gasteiger partial charge on any atom is -0.369 e. The Balaban J connectivity index is 1.83.